The van der Waals surface area contributed by atoms with Crippen LogP contribution >= 0.6 is 0 Å². The van der Waals surface area contributed by atoms with Gasteiger partial charge < -0.3 is 9.47 Å². The van der Waals surface area contributed by atoms with Crippen molar-refractivity contribution in [2.24, 2.45) is 0 Å². The van der Waals surface area contributed by atoms with Crippen LogP contribution in [-0.2, 0) is 11.3 Å². The number of benzene rings is 2. The van der Waals surface area contributed by atoms with E-state index in [0.717, 1.165) is 23.3 Å². The number of Topliss-reactive ketones (excluding diaryl/α,β-unsaturated/α-hetero) is 1. The normalized spacial score (nSPS) is 10.3. The first kappa shape index (κ1) is 15.3. The molecule has 0 heterocycles. The summed E-state index contributed by atoms with van der Waals surface area (Å²) in [5, 5.41) is 0. The predicted molar refractivity (Wildman–Crippen MR) is 82.7 cm³/mol. The Morgan fingerprint density at radius 3 is 2.62 bits per heavy atom. The van der Waals surface area contributed by atoms with Crippen molar-refractivity contribution in [3.05, 3.63) is 65.7 Å². The molecule has 0 atom stereocenters. The lowest BCUT2D eigenvalue weighted by atomic mass is 10.1. The highest BCUT2D eigenvalue weighted by Crippen LogP contribution is 2.13. The average molecular weight is 284 g/mol. The topological polar surface area (TPSA) is 35.5 Å². The standard InChI is InChI=1S/C18H20O3/c1-20-17-10-5-7-15(13-17)14-21-12-6-11-18(19)16-8-3-2-4-9-16/h2-5,7-10,13H,6,11-12,14H2,1H3. The maximum absolute atomic E-state index is 11.9. The van der Waals surface area contributed by atoms with Gasteiger partial charge in [-0.1, -0.05) is 42.5 Å². The zero-order valence-corrected chi connectivity index (χ0v) is 12.2. The molecule has 2 rings (SSSR count). The van der Waals surface area contributed by atoms with Crippen molar-refractivity contribution in [2.45, 2.75) is 19.4 Å². The van der Waals surface area contributed by atoms with Crippen LogP contribution in [-0.4, -0.2) is 19.5 Å². The molecular formula is C18H20O3. The van der Waals surface area contributed by atoms with Gasteiger partial charge in [0.05, 0.1) is 13.7 Å². The average Bonchev–Trinajstić information content (AvgIpc) is 2.55. The van der Waals surface area contributed by atoms with Gasteiger partial charge in [-0.15, -0.1) is 0 Å². The van der Waals surface area contributed by atoms with E-state index in [1.165, 1.54) is 0 Å². The van der Waals surface area contributed by atoms with Crippen LogP contribution in [0.25, 0.3) is 0 Å². The van der Waals surface area contributed by atoms with Crippen LogP contribution < -0.4 is 4.74 Å². The molecule has 0 fully saturated rings. The van der Waals surface area contributed by atoms with Gasteiger partial charge in [0.15, 0.2) is 5.78 Å². The third-order valence-electron chi connectivity index (χ3n) is 3.19. The number of carbonyl (C=O) groups excluding carboxylic acids is 1. The zero-order chi connectivity index (χ0) is 14.9. The van der Waals surface area contributed by atoms with Gasteiger partial charge in [-0.25, -0.2) is 0 Å². The highest BCUT2D eigenvalue weighted by molar-refractivity contribution is 5.95. The Kier molecular flexibility index (Phi) is 5.98. The summed E-state index contributed by atoms with van der Waals surface area (Å²) < 4.78 is 10.8. The molecule has 0 bridgehead atoms. The number of ketones is 1. The summed E-state index contributed by atoms with van der Waals surface area (Å²) in [7, 11) is 1.65. The highest BCUT2D eigenvalue weighted by atomic mass is 16.5. The molecule has 0 unspecified atom stereocenters. The van der Waals surface area contributed by atoms with E-state index >= 15 is 0 Å². The fourth-order valence-corrected chi connectivity index (χ4v) is 2.06. The van der Waals surface area contributed by atoms with Crippen molar-refractivity contribution < 1.29 is 14.3 Å². The summed E-state index contributed by atoms with van der Waals surface area (Å²) in [4.78, 5) is 11.9. The summed E-state index contributed by atoms with van der Waals surface area (Å²) in [6, 6.07) is 17.2. The second-order valence-electron chi connectivity index (χ2n) is 4.80. The molecule has 0 N–H and O–H groups in total. The Balaban J connectivity index is 1.67. The summed E-state index contributed by atoms with van der Waals surface area (Å²) in [6.45, 7) is 1.12. The van der Waals surface area contributed by atoms with Gasteiger partial charge in [-0.05, 0) is 24.1 Å². The van der Waals surface area contributed by atoms with Crippen LogP contribution in [0, 0.1) is 0 Å². The molecule has 0 aromatic heterocycles. The summed E-state index contributed by atoms with van der Waals surface area (Å²) in [6.07, 6.45) is 1.25. The molecule has 0 aliphatic heterocycles. The molecule has 3 nitrogen and oxygen atoms in total. The Morgan fingerprint density at radius 2 is 1.86 bits per heavy atom. The van der Waals surface area contributed by atoms with E-state index in [1.54, 1.807) is 7.11 Å². The van der Waals surface area contributed by atoms with Crippen LogP contribution in [0.1, 0.15) is 28.8 Å². The second-order valence-corrected chi connectivity index (χ2v) is 4.80. The van der Waals surface area contributed by atoms with Crippen LogP contribution in [0.5, 0.6) is 5.75 Å². The predicted octanol–water partition coefficient (Wildman–Crippen LogP) is 3.87. The van der Waals surface area contributed by atoms with Gasteiger partial charge in [-0.3, -0.25) is 4.79 Å². The first-order valence-corrected chi connectivity index (χ1v) is 7.08. The van der Waals surface area contributed by atoms with Crippen molar-refractivity contribution in [2.75, 3.05) is 13.7 Å². The van der Waals surface area contributed by atoms with Crippen LogP contribution in [0.15, 0.2) is 54.6 Å². The minimum Gasteiger partial charge on any atom is -0.497 e. The van der Waals surface area contributed by atoms with Crippen molar-refractivity contribution in [1.29, 1.82) is 0 Å². The van der Waals surface area contributed by atoms with Crippen LogP contribution in [0.3, 0.4) is 0 Å². The molecule has 3 heteroatoms. The molecule has 21 heavy (non-hydrogen) atoms. The van der Waals surface area contributed by atoms with Crippen molar-refractivity contribution >= 4 is 5.78 Å². The molecule has 110 valence electrons. The van der Waals surface area contributed by atoms with E-state index in [9.17, 15) is 4.79 Å². The lowest BCUT2D eigenvalue weighted by molar-refractivity contribution is 0.0919. The third-order valence-corrected chi connectivity index (χ3v) is 3.19. The SMILES string of the molecule is COc1cccc(COCCCC(=O)c2ccccc2)c1. The van der Waals surface area contributed by atoms with E-state index in [1.807, 2.05) is 54.6 Å². The Hall–Kier alpha value is -2.13. The minimum atomic E-state index is 0.167. The smallest absolute Gasteiger partial charge is 0.162 e. The van der Waals surface area contributed by atoms with Gasteiger partial charge in [0.1, 0.15) is 5.75 Å². The van der Waals surface area contributed by atoms with Crippen LogP contribution in [0.4, 0.5) is 0 Å². The largest absolute Gasteiger partial charge is 0.497 e. The maximum Gasteiger partial charge on any atom is 0.162 e. The summed E-state index contributed by atoms with van der Waals surface area (Å²) in [5.74, 6) is 0.996. The molecule has 0 amide bonds. The van der Waals surface area contributed by atoms with Gasteiger partial charge in [0.2, 0.25) is 0 Å². The van der Waals surface area contributed by atoms with E-state index in [-0.39, 0.29) is 5.78 Å². The Morgan fingerprint density at radius 1 is 1.05 bits per heavy atom. The molecule has 0 aliphatic carbocycles. The molecule has 2 aromatic rings. The molecular weight excluding hydrogens is 264 g/mol. The first-order chi connectivity index (χ1) is 10.3. The maximum atomic E-state index is 11.9. The van der Waals surface area contributed by atoms with Gasteiger partial charge in [0.25, 0.3) is 0 Å². The number of ether oxygens (including phenoxy) is 2. The van der Waals surface area contributed by atoms with Gasteiger partial charge in [-0.2, -0.15) is 0 Å². The van der Waals surface area contributed by atoms with Crippen molar-refractivity contribution in [1.82, 2.24) is 0 Å². The van der Waals surface area contributed by atoms with E-state index in [4.69, 9.17) is 9.47 Å². The monoisotopic (exact) mass is 284 g/mol. The number of carbonyl (C=O) groups is 1. The lowest BCUT2D eigenvalue weighted by Gasteiger charge is -2.06. The highest BCUT2D eigenvalue weighted by Gasteiger charge is 2.04. The van der Waals surface area contributed by atoms with E-state index < -0.39 is 0 Å². The Labute approximate surface area is 125 Å². The molecule has 0 spiro atoms. The number of hydrogen-bond donors (Lipinski definition) is 0. The van der Waals surface area contributed by atoms with Gasteiger partial charge >= 0.3 is 0 Å². The first-order valence-electron chi connectivity index (χ1n) is 7.08. The van der Waals surface area contributed by atoms with Crippen LogP contribution in [0.2, 0.25) is 0 Å². The molecule has 0 aliphatic rings. The minimum absolute atomic E-state index is 0.167. The van der Waals surface area contributed by atoms with E-state index in [0.29, 0.717) is 19.6 Å². The van der Waals surface area contributed by atoms with Crippen molar-refractivity contribution in [3.8, 4) is 5.75 Å². The fourth-order valence-electron chi connectivity index (χ4n) is 2.06. The number of methoxy groups -OCH3 is 1. The zero-order valence-electron chi connectivity index (χ0n) is 12.2. The number of rotatable bonds is 8. The molecule has 0 radical (unpaired) electrons. The third kappa shape index (κ3) is 5.04. The second kappa shape index (κ2) is 8.22. The lowest BCUT2D eigenvalue weighted by Crippen LogP contribution is -2.02. The number of hydrogen-bond acceptors (Lipinski definition) is 3. The molecule has 0 saturated heterocycles. The van der Waals surface area contributed by atoms with Gasteiger partial charge in [0, 0.05) is 18.6 Å². The molecule has 2 aromatic carbocycles. The van der Waals surface area contributed by atoms with E-state index in [2.05, 4.69) is 0 Å². The quantitative estimate of drug-likeness (QED) is 0.545. The van der Waals surface area contributed by atoms with Crippen molar-refractivity contribution in [3.63, 3.8) is 0 Å². The summed E-state index contributed by atoms with van der Waals surface area (Å²) in [5.41, 5.74) is 1.84. The summed E-state index contributed by atoms with van der Waals surface area (Å²) >= 11 is 0. The fraction of sp³-hybridized carbons (Fsp3) is 0.278. The molecule has 0 saturated carbocycles. The Bertz CT molecular complexity index is 564.